The van der Waals surface area contributed by atoms with Crippen molar-refractivity contribution in [3.8, 4) is 0 Å². The summed E-state index contributed by atoms with van der Waals surface area (Å²) in [7, 11) is 0. The predicted molar refractivity (Wildman–Crippen MR) is 49.3 cm³/mol. The molecule has 1 aliphatic heterocycles. The molecule has 1 aliphatic carbocycles. The Kier molecular flexibility index (Phi) is 2.36. The van der Waals surface area contributed by atoms with E-state index in [4.69, 9.17) is 4.74 Å². The van der Waals surface area contributed by atoms with Crippen molar-refractivity contribution in [1.82, 2.24) is 5.32 Å². The molecule has 1 saturated carbocycles. The maximum Gasteiger partial charge on any atom is 0.244 e. The fraction of sp³-hybridized carbons (Fsp3) is 0.700. The van der Waals surface area contributed by atoms with Crippen molar-refractivity contribution < 1.29 is 9.53 Å². The van der Waals surface area contributed by atoms with Gasteiger partial charge in [0.2, 0.25) is 5.91 Å². The highest BCUT2D eigenvalue weighted by Gasteiger charge is 2.23. The number of hydrogen-bond donors (Lipinski definition) is 1. The van der Waals surface area contributed by atoms with E-state index < -0.39 is 0 Å². The molecular formula is C10H15NO2. The van der Waals surface area contributed by atoms with Crippen LogP contribution in [0, 0.1) is 0 Å². The minimum absolute atomic E-state index is 0.0508. The van der Waals surface area contributed by atoms with Crippen LogP contribution in [0.15, 0.2) is 11.6 Å². The van der Waals surface area contributed by atoms with Gasteiger partial charge in [0, 0.05) is 12.1 Å². The van der Waals surface area contributed by atoms with E-state index in [2.05, 4.69) is 5.32 Å². The Bertz CT molecular complexity index is 243. The molecule has 13 heavy (non-hydrogen) atoms. The van der Waals surface area contributed by atoms with Crippen LogP contribution in [0.25, 0.3) is 0 Å². The number of rotatable bonds is 2. The number of ether oxygens (including phenoxy) is 1. The Balaban J connectivity index is 1.89. The minimum Gasteiger partial charge on any atom is -0.374 e. The molecule has 1 N–H and O–H groups in total. The third kappa shape index (κ3) is 2.31. The summed E-state index contributed by atoms with van der Waals surface area (Å²) in [5.74, 6) is 0.0508. The number of amides is 1. The maximum atomic E-state index is 11.4. The maximum absolute atomic E-state index is 11.4. The Morgan fingerprint density at radius 2 is 2.38 bits per heavy atom. The van der Waals surface area contributed by atoms with Crippen molar-refractivity contribution in [1.29, 1.82) is 0 Å². The van der Waals surface area contributed by atoms with Crippen LogP contribution in [0.5, 0.6) is 0 Å². The molecule has 0 aromatic heterocycles. The summed E-state index contributed by atoms with van der Waals surface area (Å²) in [5.41, 5.74) is 1.12. The molecule has 0 aromatic rings. The molecule has 2 aliphatic rings. The van der Waals surface area contributed by atoms with Crippen LogP contribution in [0.3, 0.4) is 0 Å². The van der Waals surface area contributed by atoms with E-state index in [1.165, 1.54) is 0 Å². The first-order valence-corrected chi connectivity index (χ1v) is 4.88. The molecule has 2 rings (SSSR count). The average molecular weight is 181 g/mol. The van der Waals surface area contributed by atoms with Gasteiger partial charge in [-0.15, -0.1) is 0 Å². The molecule has 1 saturated heterocycles. The second-order valence-electron chi connectivity index (χ2n) is 3.77. The fourth-order valence-electron chi connectivity index (χ4n) is 1.49. The number of carbonyl (C=O) groups excluding carboxylic acids is 1. The summed E-state index contributed by atoms with van der Waals surface area (Å²) < 4.78 is 5.34. The SMILES string of the molecule is CC1OCC/C1=C\C(=O)NC1CC1. The molecule has 2 fully saturated rings. The monoisotopic (exact) mass is 181 g/mol. The van der Waals surface area contributed by atoms with Crippen LogP contribution in [-0.4, -0.2) is 24.7 Å². The molecule has 0 aromatic carbocycles. The van der Waals surface area contributed by atoms with Crippen LogP contribution >= 0.6 is 0 Å². The van der Waals surface area contributed by atoms with Gasteiger partial charge in [-0.05, 0) is 31.8 Å². The lowest BCUT2D eigenvalue weighted by Gasteiger charge is -2.03. The van der Waals surface area contributed by atoms with E-state index in [0.717, 1.165) is 31.4 Å². The minimum atomic E-state index is 0.0508. The molecule has 0 radical (unpaired) electrons. The normalized spacial score (nSPS) is 30.8. The quantitative estimate of drug-likeness (QED) is 0.645. The van der Waals surface area contributed by atoms with Crippen LogP contribution in [0.4, 0.5) is 0 Å². The third-order valence-electron chi connectivity index (χ3n) is 2.52. The first kappa shape index (κ1) is 8.75. The van der Waals surface area contributed by atoms with Gasteiger partial charge < -0.3 is 10.1 Å². The number of carbonyl (C=O) groups is 1. The highest BCUT2D eigenvalue weighted by Crippen LogP contribution is 2.21. The molecule has 1 atom stereocenters. The van der Waals surface area contributed by atoms with Gasteiger partial charge in [-0.3, -0.25) is 4.79 Å². The van der Waals surface area contributed by atoms with Gasteiger partial charge in [-0.1, -0.05) is 0 Å². The van der Waals surface area contributed by atoms with Crippen molar-refractivity contribution >= 4 is 5.91 Å². The lowest BCUT2D eigenvalue weighted by molar-refractivity contribution is -0.116. The predicted octanol–water partition coefficient (Wildman–Crippen LogP) is 1.00. The molecule has 0 spiro atoms. The van der Waals surface area contributed by atoms with Crippen LogP contribution < -0.4 is 5.32 Å². The van der Waals surface area contributed by atoms with Gasteiger partial charge in [0.05, 0.1) is 12.7 Å². The Labute approximate surface area is 78.1 Å². The third-order valence-corrected chi connectivity index (χ3v) is 2.52. The van der Waals surface area contributed by atoms with Crippen LogP contribution in [-0.2, 0) is 9.53 Å². The molecule has 72 valence electrons. The second-order valence-corrected chi connectivity index (χ2v) is 3.77. The highest BCUT2D eigenvalue weighted by atomic mass is 16.5. The molecule has 3 heteroatoms. The van der Waals surface area contributed by atoms with Crippen molar-refractivity contribution in [2.75, 3.05) is 6.61 Å². The summed E-state index contributed by atoms with van der Waals surface area (Å²) in [6, 6.07) is 0.446. The van der Waals surface area contributed by atoms with Crippen molar-refractivity contribution in [2.24, 2.45) is 0 Å². The fourth-order valence-corrected chi connectivity index (χ4v) is 1.49. The van der Waals surface area contributed by atoms with E-state index in [1.807, 2.05) is 6.92 Å². The molecule has 3 nitrogen and oxygen atoms in total. The molecule has 1 amide bonds. The van der Waals surface area contributed by atoms with Crippen molar-refractivity contribution in [3.05, 3.63) is 11.6 Å². The van der Waals surface area contributed by atoms with Gasteiger partial charge in [-0.2, -0.15) is 0 Å². The standard InChI is InChI=1S/C10H15NO2/c1-7-8(4-5-13-7)6-10(12)11-9-2-3-9/h6-7,9H,2-5H2,1H3,(H,11,12)/b8-6+. The van der Waals surface area contributed by atoms with Crippen molar-refractivity contribution in [3.63, 3.8) is 0 Å². The summed E-state index contributed by atoms with van der Waals surface area (Å²) in [5, 5.41) is 2.93. The summed E-state index contributed by atoms with van der Waals surface area (Å²) in [6.45, 7) is 2.74. The zero-order valence-corrected chi connectivity index (χ0v) is 7.88. The topological polar surface area (TPSA) is 38.3 Å². The van der Waals surface area contributed by atoms with Gasteiger partial charge in [0.1, 0.15) is 0 Å². The molecule has 1 unspecified atom stereocenters. The van der Waals surface area contributed by atoms with E-state index in [9.17, 15) is 4.79 Å². The smallest absolute Gasteiger partial charge is 0.244 e. The Morgan fingerprint density at radius 1 is 1.62 bits per heavy atom. The first-order valence-electron chi connectivity index (χ1n) is 4.88. The van der Waals surface area contributed by atoms with E-state index >= 15 is 0 Å². The van der Waals surface area contributed by atoms with E-state index in [1.54, 1.807) is 6.08 Å². The summed E-state index contributed by atoms with van der Waals surface area (Å²) in [4.78, 5) is 11.4. The van der Waals surface area contributed by atoms with Crippen LogP contribution in [0.2, 0.25) is 0 Å². The molecular weight excluding hydrogens is 166 g/mol. The first-order chi connectivity index (χ1) is 6.25. The van der Waals surface area contributed by atoms with E-state index in [0.29, 0.717) is 6.04 Å². The van der Waals surface area contributed by atoms with E-state index in [-0.39, 0.29) is 12.0 Å². The van der Waals surface area contributed by atoms with Gasteiger partial charge >= 0.3 is 0 Å². The van der Waals surface area contributed by atoms with Crippen LogP contribution in [0.1, 0.15) is 26.2 Å². The van der Waals surface area contributed by atoms with Gasteiger partial charge in [-0.25, -0.2) is 0 Å². The lowest BCUT2D eigenvalue weighted by Crippen LogP contribution is -2.24. The summed E-state index contributed by atoms with van der Waals surface area (Å²) >= 11 is 0. The lowest BCUT2D eigenvalue weighted by atomic mass is 10.1. The highest BCUT2D eigenvalue weighted by molar-refractivity contribution is 5.88. The van der Waals surface area contributed by atoms with Gasteiger partial charge in [0.15, 0.2) is 0 Å². The molecule has 1 heterocycles. The average Bonchev–Trinajstić information content (AvgIpc) is 2.79. The number of nitrogens with one attached hydrogen (secondary N) is 1. The van der Waals surface area contributed by atoms with Gasteiger partial charge in [0.25, 0.3) is 0 Å². The summed E-state index contributed by atoms with van der Waals surface area (Å²) in [6.07, 6.45) is 5.02. The zero-order valence-electron chi connectivity index (χ0n) is 7.88. The Morgan fingerprint density at radius 3 is 2.92 bits per heavy atom. The largest absolute Gasteiger partial charge is 0.374 e. The van der Waals surface area contributed by atoms with Crippen molar-refractivity contribution in [2.45, 2.75) is 38.3 Å². The molecule has 0 bridgehead atoms. The second kappa shape index (κ2) is 3.50. The Hall–Kier alpha value is -0.830. The zero-order chi connectivity index (χ0) is 9.26. The number of hydrogen-bond acceptors (Lipinski definition) is 2.